The van der Waals surface area contributed by atoms with Crippen molar-refractivity contribution in [1.82, 2.24) is 5.32 Å². The second-order valence-corrected chi connectivity index (χ2v) is 3.19. The van der Waals surface area contributed by atoms with Gasteiger partial charge in [-0.25, -0.2) is 0 Å². The van der Waals surface area contributed by atoms with Crippen LogP contribution in [0.1, 0.15) is 18.5 Å². The third kappa shape index (κ3) is 3.56. The van der Waals surface area contributed by atoms with E-state index in [2.05, 4.69) is 5.32 Å². The van der Waals surface area contributed by atoms with Crippen molar-refractivity contribution in [3.8, 4) is 0 Å². The van der Waals surface area contributed by atoms with Crippen LogP contribution in [0.3, 0.4) is 0 Å². The number of benzene rings is 1. The highest BCUT2D eigenvalue weighted by molar-refractivity contribution is 5.78. The standard InChI is InChI=1S/C12H16N2O/c1-2-6-11(14-12(15)9-13)10-7-4-3-5-8-10/h2-8,11H,9,13H2,1H3,(H,14,15). The molecule has 0 spiro atoms. The van der Waals surface area contributed by atoms with Crippen molar-refractivity contribution in [3.05, 3.63) is 48.0 Å². The van der Waals surface area contributed by atoms with Crippen LogP contribution in [0.15, 0.2) is 42.5 Å². The minimum atomic E-state index is -0.151. The third-order valence-corrected chi connectivity index (χ3v) is 2.05. The average Bonchev–Trinajstić information content (AvgIpc) is 2.29. The highest BCUT2D eigenvalue weighted by Gasteiger charge is 2.09. The first kappa shape index (κ1) is 11.5. The fraction of sp³-hybridized carbons (Fsp3) is 0.250. The van der Waals surface area contributed by atoms with Crippen molar-refractivity contribution >= 4 is 5.91 Å². The summed E-state index contributed by atoms with van der Waals surface area (Å²) in [5, 5.41) is 2.83. The molecule has 0 bridgehead atoms. The molecule has 1 amide bonds. The lowest BCUT2D eigenvalue weighted by Crippen LogP contribution is -2.32. The van der Waals surface area contributed by atoms with Gasteiger partial charge in [0.1, 0.15) is 0 Å². The Morgan fingerprint density at radius 3 is 2.67 bits per heavy atom. The van der Waals surface area contributed by atoms with Crippen LogP contribution in [0.4, 0.5) is 0 Å². The largest absolute Gasteiger partial charge is 0.345 e. The lowest BCUT2D eigenvalue weighted by atomic mass is 10.1. The number of hydrogen-bond donors (Lipinski definition) is 2. The van der Waals surface area contributed by atoms with Crippen molar-refractivity contribution in [2.75, 3.05) is 6.54 Å². The summed E-state index contributed by atoms with van der Waals surface area (Å²) in [7, 11) is 0. The van der Waals surface area contributed by atoms with Gasteiger partial charge in [-0.2, -0.15) is 0 Å². The zero-order valence-electron chi connectivity index (χ0n) is 8.81. The van der Waals surface area contributed by atoms with Gasteiger partial charge in [0.2, 0.25) is 5.91 Å². The Balaban J connectivity index is 2.79. The predicted molar refractivity (Wildman–Crippen MR) is 61.2 cm³/mol. The molecule has 1 rings (SSSR count). The lowest BCUT2D eigenvalue weighted by molar-refractivity contribution is -0.120. The van der Waals surface area contributed by atoms with E-state index in [1.54, 1.807) is 0 Å². The Morgan fingerprint density at radius 2 is 2.13 bits per heavy atom. The maximum Gasteiger partial charge on any atom is 0.234 e. The molecule has 0 fully saturated rings. The molecule has 3 nitrogen and oxygen atoms in total. The van der Waals surface area contributed by atoms with Gasteiger partial charge < -0.3 is 11.1 Å². The summed E-state index contributed by atoms with van der Waals surface area (Å²) in [4.78, 5) is 11.2. The van der Waals surface area contributed by atoms with Crippen LogP contribution in [0.25, 0.3) is 0 Å². The first-order chi connectivity index (χ1) is 7.27. The Kier molecular flexibility index (Phi) is 4.57. The summed E-state index contributed by atoms with van der Waals surface area (Å²) in [5.41, 5.74) is 6.31. The highest BCUT2D eigenvalue weighted by atomic mass is 16.1. The number of allylic oxidation sites excluding steroid dienone is 1. The van der Waals surface area contributed by atoms with Gasteiger partial charge in [0, 0.05) is 0 Å². The topological polar surface area (TPSA) is 55.1 Å². The van der Waals surface area contributed by atoms with Gasteiger partial charge in [0.25, 0.3) is 0 Å². The molecule has 0 aliphatic carbocycles. The summed E-state index contributed by atoms with van der Waals surface area (Å²) in [6.45, 7) is 1.94. The molecule has 15 heavy (non-hydrogen) atoms. The molecule has 0 saturated carbocycles. The average molecular weight is 204 g/mol. The van der Waals surface area contributed by atoms with Crippen LogP contribution in [0, 0.1) is 0 Å². The minimum absolute atomic E-state index is 0.0148. The summed E-state index contributed by atoms with van der Waals surface area (Å²) < 4.78 is 0. The van der Waals surface area contributed by atoms with Gasteiger partial charge in [-0.1, -0.05) is 42.5 Å². The van der Waals surface area contributed by atoms with Crippen LogP contribution in [0.2, 0.25) is 0 Å². The van der Waals surface area contributed by atoms with Crippen LogP contribution >= 0.6 is 0 Å². The highest BCUT2D eigenvalue weighted by Crippen LogP contribution is 2.13. The Morgan fingerprint density at radius 1 is 1.47 bits per heavy atom. The van der Waals surface area contributed by atoms with E-state index < -0.39 is 0 Å². The lowest BCUT2D eigenvalue weighted by Gasteiger charge is -2.14. The molecule has 3 N–H and O–H groups in total. The van der Waals surface area contributed by atoms with E-state index in [0.717, 1.165) is 5.56 Å². The number of nitrogens with two attached hydrogens (primary N) is 1. The van der Waals surface area contributed by atoms with Crippen molar-refractivity contribution in [2.45, 2.75) is 13.0 Å². The maximum atomic E-state index is 11.2. The molecule has 0 saturated heterocycles. The second-order valence-electron chi connectivity index (χ2n) is 3.19. The number of hydrogen-bond acceptors (Lipinski definition) is 2. The molecule has 0 aromatic heterocycles. The summed E-state index contributed by atoms with van der Waals surface area (Å²) in [5.74, 6) is -0.151. The van der Waals surface area contributed by atoms with E-state index in [9.17, 15) is 4.79 Å². The van der Waals surface area contributed by atoms with Crippen molar-refractivity contribution < 1.29 is 4.79 Å². The number of nitrogens with one attached hydrogen (secondary N) is 1. The van der Waals surface area contributed by atoms with E-state index >= 15 is 0 Å². The SMILES string of the molecule is CC=CC(NC(=O)CN)c1ccccc1. The second kappa shape index (κ2) is 5.98. The van der Waals surface area contributed by atoms with Gasteiger partial charge in [-0.05, 0) is 12.5 Å². The van der Waals surface area contributed by atoms with E-state index in [0.29, 0.717) is 0 Å². The Hall–Kier alpha value is -1.61. The fourth-order valence-corrected chi connectivity index (χ4v) is 1.33. The molecule has 0 radical (unpaired) electrons. The van der Waals surface area contributed by atoms with Gasteiger partial charge in [-0.15, -0.1) is 0 Å². The van der Waals surface area contributed by atoms with E-state index in [1.807, 2.05) is 49.4 Å². The monoisotopic (exact) mass is 204 g/mol. The van der Waals surface area contributed by atoms with Crippen molar-refractivity contribution in [1.29, 1.82) is 0 Å². The maximum absolute atomic E-state index is 11.2. The molecular weight excluding hydrogens is 188 g/mol. The zero-order chi connectivity index (χ0) is 11.1. The van der Waals surface area contributed by atoms with Crippen LogP contribution in [-0.4, -0.2) is 12.5 Å². The molecule has 1 aromatic rings. The molecule has 0 heterocycles. The molecule has 1 aromatic carbocycles. The predicted octanol–water partition coefficient (Wildman–Crippen LogP) is 1.38. The first-order valence-electron chi connectivity index (χ1n) is 4.95. The summed E-state index contributed by atoms with van der Waals surface area (Å²) in [6.07, 6.45) is 3.84. The van der Waals surface area contributed by atoms with Gasteiger partial charge in [-0.3, -0.25) is 4.79 Å². The number of carbonyl (C=O) groups is 1. The molecule has 1 atom stereocenters. The minimum Gasteiger partial charge on any atom is -0.345 e. The van der Waals surface area contributed by atoms with E-state index in [-0.39, 0.29) is 18.5 Å². The van der Waals surface area contributed by atoms with Gasteiger partial charge >= 0.3 is 0 Å². The van der Waals surface area contributed by atoms with Crippen LogP contribution in [-0.2, 0) is 4.79 Å². The Bertz CT molecular complexity index is 333. The van der Waals surface area contributed by atoms with Crippen LogP contribution in [0.5, 0.6) is 0 Å². The normalized spacial score (nSPS) is 12.7. The van der Waals surface area contributed by atoms with Gasteiger partial charge in [0.05, 0.1) is 12.6 Å². The van der Waals surface area contributed by atoms with E-state index in [4.69, 9.17) is 5.73 Å². The fourth-order valence-electron chi connectivity index (χ4n) is 1.33. The molecule has 1 unspecified atom stereocenters. The number of carbonyl (C=O) groups excluding carboxylic acids is 1. The van der Waals surface area contributed by atoms with E-state index in [1.165, 1.54) is 0 Å². The smallest absolute Gasteiger partial charge is 0.234 e. The van der Waals surface area contributed by atoms with Crippen LogP contribution < -0.4 is 11.1 Å². The quantitative estimate of drug-likeness (QED) is 0.728. The summed E-state index contributed by atoms with van der Waals surface area (Å²) in [6, 6.07) is 9.69. The molecule has 3 heteroatoms. The summed E-state index contributed by atoms with van der Waals surface area (Å²) >= 11 is 0. The third-order valence-electron chi connectivity index (χ3n) is 2.05. The zero-order valence-corrected chi connectivity index (χ0v) is 8.81. The first-order valence-corrected chi connectivity index (χ1v) is 4.95. The number of amides is 1. The molecular formula is C12H16N2O. The molecule has 0 aliphatic heterocycles. The van der Waals surface area contributed by atoms with Crippen molar-refractivity contribution in [3.63, 3.8) is 0 Å². The number of rotatable bonds is 4. The molecule has 80 valence electrons. The van der Waals surface area contributed by atoms with Crippen molar-refractivity contribution in [2.24, 2.45) is 5.73 Å². The molecule has 0 aliphatic rings. The van der Waals surface area contributed by atoms with Gasteiger partial charge in [0.15, 0.2) is 0 Å². The Labute approximate surface area is 90.0 Å².